The fourth-order valence-electron chi connectivity index (χ4n) is 2.58. The van der Waals surface area contributed by atoms with E-state index in [0.29, 0.717) is 0 Å². The molecule has 0 bridgehead atoms. The van der Waals surface area contributed by atoms with Crippen molar-refractivity contribution in [2.24, 2.45) is 0 Å². The van der Waals surface area contributed by atoms with E-state index in [9.17, 15) is 0 Å². The van der Waals surface area contributed by atoms with Gasteiger partial charge in [-0.3, -0.25) is 0 Å². The maximum Gasteiger partial charge on any atom is 0.135 e. The van der Waals surface area contributed by atoms with Gasteiger partial charge in [0.2, 0.25) is 0 Å². The number of fused-ring (bicyclic) bond motifs is 1. The number of para-hydroxylation sites is 1. The van der Waals surface area contributed by atoms with E-state index >= 15 is 0 Å². The third-order valence-electron chi connectivity index (χ3n) is 3.74. The van der Waals surface area contributed by atoms with Crippen molar-refractivity contribution in [1.29, 1.82) is 0 Å². The molecule has 0 amide bonds. The zero-order valence-electron chi connectivity index (χ0n) is 12.4. The Hall–Kier alpha value is -2.28. The summed E-state index contributed by atoms with van der Waals surface area (Å²) in [5, 5.41) is 2.37. The van der Waals surface area contributed by atoms with Crippen molar-refractivity contribution in [2.45, 2.75) is 26.2 Å². The maximum absolute atomic E-state index is 6.22. The molecule has 0 saturated heterocycles. The van der Waals surface area contributed by atoms with Crippen molar-refractivity contribution in [3.63, 3.8) is 0 Å². The van der Waals surface area contributed by atoms with Crippen molar-refractivity contribution >= 4 is 10.8 Å². The van der Waals surface area contributed by atoms with Crippen molar-refractivity contribution in [1.82, 2.24) is 0 Å². The minimum atomic E-state index is 0.928. The Labute approximate surface area is 126 Å². The fraction of sp³-hybridized carbons (Fsp3) is 0.200. The Morgan fingerprint density at radius 3 is 2.38 bits per heavy atom. The molecule has 1 nitrogen and oxygen atoms in total. The molecule has 0 aromatic heterocycles. The minimum absolute atomic E-state index is 0.928. The molecule has 0 fully saturated rings. The zero-order chi connectivity index (χ0) is 14.5. The SMILES string of the molecule is CCCCc1ccccc1Oc1cccc2ccccc12. The highest BCUT2D eigenvalue weighted by atomic mass is 16.5. The highest BCUT2D eigenvalue weighted by molar-refractivity contribution is 5.88. The van der Waals surface area contributed by atoms with Gasteiger partial charge in [-0.2, -0.15) is 0 Å². The molecular formula is C20H20O. The molecule has 0 spiro atoms. The molecule has 3 aromatic carbocycles. The van der Waals surface area contributed by atoms with Crippen LogP contribution in [0.15, 0.2) is 66.7 Å². The first-order valence-electron chi connectivity index (χ1n) is 7.62. The smallest absolute Gasteiger partial charge is 0.135 e. The lowest BCUT2D eigenvalue weighted by molar-refractivity contribution is 0.480. The summed E-state index contributed by atoms with van der Waals surface area (Å²) in [5.74, 6) is 1.90. The highest BCUT2D eigenvalue weighted by Crippen LogP contribution is 2.32. The highest BCUT2D eigenvalue weighted by Gasteiger charge is 2.06. The molecule has 0 saturated carbocycles. The van der Waals surface area contributed by atoms with Gasteiger partial charge in [-0.05, 0) is 35.9 Å². The Balaban J connectivity index is 1.95. The molecule has 3 rings (SSSR count). The van der Waals surface area contributed by atoms with Gasteiger partial charge < -0.3 is 4.74 Å². The third kappa shape index (κ3) is 3.08. The minimum Gasteiger partial charge on any atom is -0.456 e. The molecule has 0 atom stereocenters. The predicted octanol–water partition coefficient (Wildman–Crippen LogP) is 5.97. The third-order valence-corrected chi connectivity index (χ3v) is 3.74. The van der Waals surface area contributed by atoms with Gasteiger partial charge in [-0.15, -0.1) is 0 Å². The molecule has 0 aliphatic carbocycles. The normalized spacial score (nSPS) is 10.7. The van der Waals surface area contributed by atoms with Crippen molar-refractivity contribution < 1.29 is 4.74 Å². The van der Waals surface area contributed by atoms with Gasteiger partial charge in [0, 0.05) is 5.39 Å². The zero-order valence-corrected chi connectivity index (χ0v) is 12.4. The summed E-state index contributed by atoms with van der Waals surface area (Å²) in [4.78, 5) is 0. The summed E-state index contributed by atoms with van der Waals surface area (Å²) >= 11 is 0. The molecule has 0 heterocycles. The quantitative estimate of drug-likeness (QED) is 0.557. The molecule has 0 aliphatic heterocycles. The van der Waals surface area contributed by atoms with Crippen molar-refractivity contribution in [3.05, 3.63) is 72.3 Å². The van der Waals surface area contributed by atoms with Gasteiger partial charge in [0.25, 0.3) is 0 Å². The van der Waals surface area contributed by atoms with Gasteiger partial charge >= 0.3 is 0 Å². The Morgan fingerprint density at radius 1 is 0.762 bits per heavy atom. The second-order valence-corrected chi connectivity index (χ2v) is 5.29. The lowest BCUT2D eigenvalue weighted by atomic mass is 10.1. The number of rotatable bonds is 5. The van der Waals surface area contributed by atoms with Crippen LogP contribution < -0.4 is 4.74 Å². The Morgan fingerprint density at radius 2 is 1.48 bits per heavy atom. The van der Waals surface area contributed by atoms with Crippen LogP contribution in [0.25, 0.3) is 10.8 Å². The number of ether oxygens (including phenoxy) is 1. The van der Waals surface area contributed by atoms with Crippen LogP contribution in [-0.4, -0.2) is 0 Å². The van der Waals surface area contributed by atoms with Crippen LogP contribution in [0.3, 0.4) is 0 Å². The van der Waals surface area contributed by atoms with E-state index in [4.69, 9.17) is 4.74 Å². The summed E-state index contributed by atoms with van der Waals surface area (Å²) in [6.07, 6.45) is 3.45. The Bertz CT molecular complexity index is 725. The van der Waals surface area contributed by atoms with Crippen LogP contribution in [-0.2, 0) is 6.42 Å². The van der Waals surface area contributed by atoms with Crippen LogP contribution in [0.5, 0.6) is 11.5 Å². The first-order chi connectivity index (χ1) is 10.4. The van der Waals surface area contributed by atoms with Crippen LogP contribution in [0.2, 0.25) is 0 Å². The van der Waals surface area contributed by atoms with Gasteiger partial charge in [-0.25, -0.2) is 0 Å². The molecular weight excluding hydrogens is 256 g/mol. The van der Waals surface area contributed by atoms with Gasteiger partial charge in [0.05, 0.1) is 0 Å². The van der Waals surface area contributed by atoms with Gasteiger partial charge in [-0.1, -0.05) is 67.9 Å². The molecule has 0 aliphatic rings. The number of hydrogen-bond acceptors (Lipinski definition) is 1. The lowest BCUT2D eigenvalue weighted by Gasteiger charge is -2.12. The molecule has 0 unspecified atom stereocenters. The van der Waals surface area contributed by atoms with E-state index in [1.54, 1.807) is 0 Å². The molecule has 0 N–H and O–H groups in total. The summed E-state index contributed by atoms with van der Waals surface area (Å²) in [7, 11) is 0. The average Bonchev–Trinajstić information content (AvgIpc) is 2.54. The summed E-state index contributed by atoms with van der Waals surface area (Å²) in [5.41, 5.74) is 1.28. The second kappa shape index (κ2) is 6.45. The number of unbranched alkanes of at least 4 members (excludes halogenated alkanes) is 1. The second-order valence-electron chi connectivity index (χ2n) is 5.29. The fourth-order valence-corrected chi connectivity index (χ4v) is 2.58. The van der Waals surface area contributed by atoms with E-state index in [2.05, 4.69) is 55.5 Å². The number of aryl methyl sites for hydroxylation is 1. The molecule has 21 heavy (non-hydrogen) atoms. The van der Waals surface area contributed by atoms with Crippen LogP contribution in [0.1, 0.15) is 25.3 Å². The predicted molar refractivity (Wildman–Crippen MR) is 89.1 cm³/mol. The first kappa shape index (κ1) is 13.7. The van der Waals surface area contributed by atoms with Crippen LogP contribution in [0, 0.1) is 0 Å². The summed E-state index contributed by atoms with van der Waals surface area (Å²) in [6, 6.07) is 22.9. The lowest BCUT2D eigenvalue weighted by Crippen LogP contribution is -1.92. The maximum atomic E-state index is 6.22. The van der Waals surface area contributed by atoms with E-state index < -0.39 is 0 Å². The number of benzene rings is 3. The van der Waals surface area contributed by atoms with Crippen LogP contribution >= 0.6 is 0 Å². The molecule has 0 radical (unpaired) electrons. The van der Waals surface area contributed by atoms with E-state index in [1.807, 2.05) is 18.2 Å². The van der Waals surface area contributed by atoms with Gasteiger partial charge in [0.15, 0.2) is 0 Å². The van der Waals surface area contributed by atoms with E-state index in [0.717, 1.165) is 23.3 Å². The van der Waals surface area contributed by atoms with Crippen LogP contribution in [0.4, 0.5) is 0 Å². The first-order valence-corrected chi connectivity index (χ1v) is 7.62. The summed E-state index contributed by atoms with van der Waals surface area (Å²) in [6.45, 7) is 2.22. The number of hydrogen-bond donors (Lipinski definition) is 0. The van der Waals surface area contributed by atoms with E-state index in [-0.39, 0.29) is 0 Å². The average molecular weight is 276 g/mol. The molecule has 1 heteroatoms. The monoisotopic (exact) mass is 276 g/mol. The molecule has 106 valence electrons. The Kier molecular flexibility index (Phi) is 4.20. The molecule has 3 aromatic rings. The van der Waals surface area contributed by atoms with Crippen molar-refractivity contribution in [3.8, 4) is 11.5 Å². The van der Waals surface area contributed by atoms with Gasteiger partial charge in [0.1, 0.15) is 11.5 Å². The standard InChI is InChI=1S/C20H20O/c1-2-3-9-17-11-5-7-14-19(17)21-20-15-8-12-16-10-4-6-13-18(16)20/h4-8,10-15H,2-3,9H2,1H3. The van der Waals surface area contributed by atoms with E-state index in [1.165, 1.54) is 23.8 Å². The van der Waals surface area contributed by atoms with Crippen molar-refractivity contribution in [2.75, 3.05) is 0 Å². The summed E-state index contributed by atoms with van der Waals surface area (Å²) < 4.78 is 6.22. The largest absolute Gasteiger partial charge is 0.456 e. The topological polar surface area (TPSA) is 9.23 Å².